The number of nitrogens with zero attached hydrogens (tertiary/aromatic N) is 4. The number of aromatic nitrogens is 3. The zero-order valence-corrected chi connectivity index (χ0v) is 17.4. The van der Waals surface area contributed by atoms with Crippen LogP contribution in [0.1, 0.15) is 5.56 Å². The topological polar surface area (TPSA) is 100 Å². The summed E-state index contributed by atoms with van der Waals surface area (Å²) in [6.07, 6.45) is 1.70. The molecule has 0 saturated heterocycles. The fourth-order valence-electron chi connectivity index (χ4n) is 3.02. The van der Waals surface area contributed by atoms with E-state index < -0.39 is 4.92 Å². The number of hydrogen-bond donors (Lipinski definition) is 0. The number of pyridine rings is 1. The van der Waals surface area contributed by atoms with Crippen LogP contribution in [0.3, 0.4) is 0 Å². The SMILES string of the molecule is Cc1ccc(-n2c(SCCOc3ccccc3[N+](=O)[O-])nc3ccccc3c2=O)nc1. The van der Waals surface area contributed by atoms with Crippen molar-refractivity contribution in [2.24, 2.45) is 0 Å². The minimum atomic E-state index is -0.478. The van der Waals surface area contributed by atoms with Crippen LogP contribution in [0.25, 0.3) is 16.7 Å². The van der Waals surface area contributed by atoms with Crippen molar-refractivity contribution in [3.8, 4) is 11.6 Å². The second-order valence-electron chi connectivity index (χ2n) is 6.67. The van der Waals surface area contributed by atoms with E-state index in [-0.39, 0.29) is 23.6 Å². The molecule has 0 spiro atoms. The van der Waals surface area contributed by atoms with E-state index >= 15 is 0 Å². The Balaban J connectivity index is 1.61. The molecule has 0 aliphatic rings. The number of ether oxygens (including phenoxy) is 1. The molecular formula is C22H18N4O4S. The maximum Gasteiger partial charge on any atom is 0.310 e. The molecule has 0 N–H and O–H groups in total. The molecule has 0 atom stereocenters. The van der Waals surface area contributed by atoms with Gasteiger partial charge in [-0.1, -0.05) is 42.1 Å². The third-order valence-electron chi connectivity index (χ3n) is 4.50. The van der Waals surface area contributed by atoms with E-state index in [1.165, 1.54) is 22.4 Å². The normalized spacial score (nSPS) is 10.9. The number of hydrogen-bond acceptors (Lipinski definition) is 7. The standard InChI is InChI=1S/C22H18N4O4S/c1-15-10-11-20(23-14-15)25-21(27)16-6-2-3-7-17(16)24-22(25)31-13-12-30-19-9-5-4-8-18(19)26(28)29/h2-11,14H,12-13H2,1H3. The summed E-state index contributed by atoms with van der Waals surface area (Å²) in [4.78, 5) is 32.9. The van der Waals surface area contributed by atoms with Gasteiger partial charge >= 0.3 is 5.69 Å². The molecule has 0 aliphatic carbocycles. The molecule has 156 valence electrons. The number of aryl methyl sites for hydroxylation is 1. The molecule has 0 fully saturated rings. The lowest BCUT2D eigenvalue weighted by Gasteiger charge is -2.13. The van der Waals surface area contributed by atoms with Crippen LogP contribution in [0.15, 0.2) is 76.8 Å². The van der Waals surface area contributed by atoms with Crippen LogP contribution >= 0.6 is 11.8 Å². The van der Waals surface area contributed by atoms with Gasteiger partial charge in [0, 0.05) is 18.0 Å². The van der Waals surface area contributed by atoms with E-state index in [2.05, 4.69) is 9.97 Å². The highest BCUT2D eigenvalue weighted by Crippen LogP contribution is 2.26. The van der Waals surface area contributed by atoms with Crippen molar-refractivity contribution in [1.82, 2.24) is 14.5 Å². The Labute approximate surface area is 181 Å². The van der Waals surface area contributed by atoms with E-state index in [0.29, 0.717) is 27.6 Å². The summed E-state index contributed by atoms with van der Waals surface area (Å²) >= 11 is 1.33. The molecular weight excluding hydrogens is 416 g/mol. The van der Waals surface area contributed by atoms with Crippen LogP contribution in [0.4, 0.5) is 5.69 Å². The average molecular weight is 434 g/mol. The number of nitro groups is 1. The molecule has 0 bridgehead atoms. The fourth-order valence-corrected chi connectivity index (χ4v) is 3.84. The largest absolute Gasteiger partial charge is 0.486 e. The van der Waals surface area contributed by atoms with E-state index in [9.17, 15) is 14.9 Å². The van der Waals surface area contributed by atoms with Gasteiger partial charge in [-0.3, -0.25) is 14.9 Å². The Hall–Kier alpha value is -3.72. The van der Waals surface area contributed by atoms with Crippen molar-refractivity contribution in [2.45, 2.75) is 12.1 Å². The lowest BCUT2D eigenvalue weighted by molar-refractivity contribution is -0.385. The van der Waals surface area contributed by atoms with Gasteiger partial charge in [0.2, 0.25) is 0 Å². The highest BCUT2D eigenvalue weighted by Gasteiger charge is 2.16. The third-order valence-corrected chi connectivity index (χ3v) is 5.41. The molecule has 9 heteroatoms. The Morgan fingerprint density at radius 3 is 2.65 bits per heavy atom. The minimum absolute atomic E-state index is 0.0860. The second kappa shape index (κ2) is 8.97. The van der Waals surface area contributed by atoms with Gasteiger partial charge < -0.3 is 4.74 Å². The number of nitro benzene ring substituents is 1. The first kappa shape index (κ1) is 20.5. The second-order valence-corrected chi connectivity index (χ2v) is 7.73. The van der Waals surface area contributed by atoms with Crippen molar-refractivity contribution in [3.05, 3.63) is 92.9 Å². The summed E-state index contributed by atoms with van der Waals surface area (Å²) in [5, 5.41) is 12.1. The van der Waals surface area contributed by atoms with E-state index in [1.807, 2.05) is 19.1 Å². The van der Waals surface area contributed by atoms with Gasteiger partial charge in [-0.05, 0) is 36.8 Å². The summed E-state index contributed by atoms with van der Waals surface area (Å²) < 4.78 is 7.09. The number of benzene rings is 2. The minimum Gasteiger partial charge on any atom is -0.486 e. The number of thioether (sulfide) groups is 1. The summed E-state index contributed by atoms with van der Waals surface area (Å²) in [5.74, 6) is 1.12. The number of fused-ring (bicyclic) bond motifs is 1. The highest BCUT2D eigenvalue weighted by atomic mass is 32.2. The van der Waals surface area contributed by atoms with Gasteiger partial charge in [0.25, 0.3) is 5.56 Å². The maximum atomic E-state index is 13.2. The lowest BCUT2D eigenvalue weighted by atomic mass is 10.2. The fraction of sp³-hybridized carbons (Fsp3) is 0.136. The van der Waals surface area contributed by atoms with E-state index in [4.69, 9.17) is 4.74 Å². The first-order chi connectivity index (χ1) is 15.0. The first-order valence-corrected chi connectivity index (χ1v) is 10.5. The Bertz CT molecular complexity index is 1310. The van der Waals surface area contributed by atoms with E-state index in [0.717, 1.165) is 5.56 Å². The Morgan fingerprint density at radius 2 is 1.87 bits per heavy atom. The summed E-state index contributed by atoms with van der Waals surface area (Å²) in [6.45, 7) is 2.13. The average Bonchev–Trinajstić information content (AvgIpc) is 2.78. The molecule has 0 amide bonds. The van der Waals surface area contributed by atoms with Crippen LogP contribution in [0, 0.1) is 17.0 Å². The molecule has 2 heterocycles. The molecule has 31 heavy (non-hydrogen) atoms. The van der Waals surface area contributed by atoms with Gasteiger partial charge in [-0.15, -0.1) is 0 Å². The van der Waals surface area contributed by atoms with Gasteiger partial charge in [-0.25, -0.2) is 14.5 Å². The summed E-state index contributed by atoms with van der Waals surface area (Å²) in [7, 11) is 0. The van der Waals surface area contributed by atoms with Gasteiger partial charge in [0.15, 0.2) is 10.9 Å². The quantitative estimate of drug-likeness (QED) is 0.141. The number of para-hydroxylation sites is 3. The molecule has 0 radical (unpaired) electrons. The van der Waals surface area contributed by atoms with Crippen LogP contribution in [-0.4, -0.2) is 31.8 Å². The summed E-state index contributed by atoms with van der Waals surface area (Å²) in [5.41, 5.74) is 1.29. The molecule has 0 unspecified atom stereocenters. The van der Waals surface area contributed by atoms with Gasteiger partial charge in [-0.2, -0.15) is 0 Å². The van der Waals surface area contributed by atoms with Gasteiger partial charge in [0.05, 0.1) is 22.4 Å². The van der Waals surface area contributed by atoms with Gasteiger partial charge in [0.1, 0.15) is 5.82 Å². The van der Waals surface area contributed by atoms with Crippen LogP contribution in [0.5, 0.6) is 5.75 Å². The third kappa shape index (κ3) is 4.41. The van der Waals surface area contributed by atoms with Crippen LogP contribution in [-0.2, 0) is 0 Å². The molecule has 2 aromatic heterocycles. The zero-order chi connectivity index (χ0) is 21.8. The van der Waals surface area contributed by atoms with Crippen molar-refractivity contribution >= 4 is 28.4 Å². The molecule has 2 aromatic carbocycles. The molecule has 8 nitrogen and oxygen atoms in total. The van der Waals surface area contributed by atoms with Crippen molar-refractivity contribution in [2.75, 3.05) is 12.4 Å². The smallest absolute Gasteiger partial charge is 0.310 e. The molecule has 4 rings (SSSR count). The van der Waals surface area contributed by atoms with Crippen molar-refractivity contribution < 1.29 is 9.66 Å². The Kier molecular flexibility index (Phi) is 5.94. The van der Waals surface area contributed by atoms with Crippen molar-refractivity contribution in [1.29, 1.82) is 0 Å². The predicted molar refractivity (Wildman–Crippen MR) is 119 cm³/mol. The van der Waals surface area contributed by atoms with Crippen LogP contribution < -0.4 is 10.3 Å². The maximum absolute atomic E-state index is 13.2. The molecule has 4 aromatic rings. The molecule has 0 aliphatic heterocycles. The van der Waals surface area contributed by atoms with E-state index in [1.54, 1.807) is 48.7 Å². The monoisotopic (exact) mass is 434 g/mol. The summed E-state index contributed by atoms with van der Waals surface area (Å²) in [6, 6.07) is 17.0. The Morgan fingerprint density at radius 1 is 1.10 bits per heavy atom. The first-order valence-electron chi connectivity index (χ1n) is 9.48. The number of rotatable bonds is 7. The lowest BCUT2D eigenvalue weighted by Crippen LogP contribution is -2.23. The molecule has 0 saturated carbocycles. The zero-order valence-electron chi connectivity index (χ0n) is 16.6. The van der Waals surface area contributed by atoms with Crippen molar-refractivity contribution in [3.63, 3.8) is 0 Å². The predicted octanol–water partition coefficient (Wildman–Crippen LogP) is 4.17. The van der Waals surface area contributed by atoms with Crippen LogP contribution in [0.2, 0.25) is 0 Å². The highest BCUT2D eigenvalue weighted by molar-refractivity contribution is 7.99.